The molecule has 0 saturated carbocycles. The van der Waals surface area contributed by atoms with Gasteiger partial charge in [0, 0.05) is 26.0 Å². The summed E-state index contributed by atoms with van der Waals surface area (Å²) in [5.74, 6) is -0.294. The Labute approximate surface area is 177 Å². The number of nitrogens with zero attached hydrogens (tertiary/aromatic N) is 3. The highest BCUT2D eigenvalue weighted by atomic mass is 16.5. The van der Waals surface area contributed by atoms with Crippen LogP contribution in [0.15, 0.2) is 48.5 Å². The second-order valence-corrected chi connectivity index (χ2v) is 7.41. The first-order chi connectivity index (χ1) is 14.5. The Hall–Kier alpha value is -3.39. The number of hydrogen-bond acceptors (Lipinski definition) is 4. The van der Waals surface area contributed by atoms with Gasteiger partial charge in [-0.15, -0.1) is 0 Å². The van der Waals surface area contributed by atoms with E-state index in [4.69, 9.17) is 9.84 Å². The Morgan fingerprint density at radius 2 is 1.90 bits per heavy atom. The molecule has 5 nitrogen and oxygen atoms in total. The molecule has 0 amide bonds. The smallest absolute Gasteiger partial charge is 0.303 e. The molecule has 154 valence electrons. The van der Waals surface area contributed by atoms with Gasteiger partial charge >= 0.3 is 5.97 Å². The van der Waals surface area contributed by atoms with Crippen molar-refractivity contribution in [3.63, 3.8) is 0 Å². The minimum atomic E-state index is -0.294. The number of carbonyl (C=O) groups excluding carboxylic acids is 1. The topological polar surface area (TPSA) is 67.9 Å². The van der Waals surface area contributed by atoms with E-state index in [1.807, 2.05) is 36.0 Å². The Balaban J connectivity index is 1.89. The van der Waals surface area contributed by atoms with Gasteiger partial charge in [0.05, 0.1) is 23.0 Å². The lowest BCUT2D eigenvalue weighted by atomic mass is 9.96. The zero-order valence-electron chi connectivity index (χ0n) is 17.8. The number of esters is 1. The van der Waals surface area contributed by atoms with E-state index in [0.717, 1.165) is 59.3 Å². The summed E-state index contributed by atoms with van der Waals surface area (Å²) >= 11 is 0. The molecular formula is C25H27N3O2. The third kappa shape index (κ3) is 4.96. The molecule has 0 fully saturated rings. The van der Waals surface area contributed by atoms with Crippen molar-refractivity contribution in [3.05, 3.63) is 76.6 Å². The Kier molecular flexibility index (Phi) is 7.03. The van der Waals surface area contributed by atoms with Crippen LogP contribution in [-0.2, 0) is 36.0 Å². The van der Waals surface area contributed by atoms with Crippen LogP contribution in [0.3, 0.4) is 0 Å². The fourth-order valence-corrected chi connectivity index (χ4v) is 3.60. The largest absolute Gasteiger partial charge is 0.459 e. The van der Waals surface area contributed by atoms with E-state index in [2.05, 4.69) is 37.3 Å². The van der Waals surface area contributed by atoms with Crippen LogP contribution in [0.2, 0.25) is 0 Å². The molecule has 5 heteroatoms. The molecule has 3 aromatic rings. The Bertz CT molecular complexity index is 1060. The van der Waals surface area contributed by atoms with Crippen molar-refractivity contribution in [1.29, 1.82) is 5.26 Å². The average molecular weight is 402 g/mol. The molecule has 0 aliphatic rings. The molecule has 2 aromatic carbocycles. The van der Waals surface area contributed by atoms with E-state index in [0.29, 0.717) is 5.56 Å². The zero-order chi connectivity index (χ0) is 21.5. The monoisotopic (exact) mass is 401 g/mol. The minimum Gasteiger partial charge on any atom is -0.459 e. The fraction of sp³-hybridized carbons (Fsp3) is 0.320. The van der Waals surface area contributed by atoms with Gasteiger partial charge in [0.1, 0.15) is 6.61 Å². The van der Waals surface area contributed by atoms with Crippen LogP contribution < -0.4 is 0 Å². The van der Waals surface area contributed by atoms with Crippen molar-refractivity contribution in [1.82, 2.24) is 9.78 Å². The maximum absolute atomic E-state index is 11.3. The van der Waals surface area contributed by atoms with E-state index in [9.17, 15) is 10.1 Å². The fourth-order valence-electron chi connectivity index (χ4n) is 3.60. The predicted octanol–water partition coefficient (Wildman–Crippen LogP) is 4.96. The van der Waals surface area contributed by atoms with Crippen molar-refractivity contribution >= 4 is 5.97 Å². The molecule has 1 aromatic heterocycles. The highest BCUT2D eigenvalue weighted by Crippen LogP contribution is 2.26. The van der Waals surface area contributed by atoms with Crippen molar-refractivity contribution in [2.45, 2.75) is 46.1 Å². The van der Waals surface area contributed by atoms with Crippen LogP contribution >= 0.6 is 0 Å². The Morgan fingerprint density at radius 1 is 1.17 bits per heavy atom. The molecule has 0 unspecified atom stereocenters. The molecule has 0 aliphatic carbocycles. The minimum absolute atomic E-state index is 0.230. The summed E-state index contributed by atoms with van der Waals surface area (Å²) in [4.78, 5) is 11.3. The standard InChI is InChI=1S/C25H27N3O2/c1-4-5-10-24-23(25(28(3)27-24)17-30-18(2)29)15-19-11-13-20(14-12-19)22-9-7-6-8-21(22)16-26/h6-9,11-14H,4-5,10,15,17H2,1-3H3. The number of aryl methyl sites for hydroxylation is 2. The van der Waals surface area contributed by atoms with E-state index < -0.39 is 0 Å². The average Bonchev–Trinajstić information content (AvgIpc) is 3.05. The van der Waals surface area contributed by atoms with Crippen molar-refractivity contribution in [3.8, 4) is 17.2 Å². The summed E-state index contributed by atoms with van der Waals surface area (Å²) in [6.07, 6.45) is 3.81. The first-order valence-corrected chi connectivity index (χ1v) is 10.3. The van der Waals surface area contributed by atoms with Gasteiger partial charge in [-0.1, -0.05) is 55.8 Å². The molecule has 0 atom stereocenters. The van der Waals surface area contributed by atoms with E-state index in [-0.39, 0.29) is 12.6 Å². The number of aromatic nitrogens is 2. The number of ether oxygens (including phenoxy) is 1. The molecule has 1 heterocycles. The second kappa shape index (κ2) is 9.89. The molecule has 0 saturated heterocycles. The van der Waals surface area contributed by atoms with Gasteiger partial charge in [-0.25, -0.2) is 0 Å². The van der Waals surface area contributed by atoms with Gasteiger partial charge in [0.25, 0.3) is 0 Å². The third-order valence-electron chi connectivity index (χ3n) is 5.23. The first-order valence-electron chi connectivity index (χ1n) is 10.3. The van der Waals surface area contributed by atoms with Crippen LogP contribution in [0.4, 0.5) is 0 Å². The maximum Gasteiger partial charge on any atom is 0.303 e. The summed E-state index contributed by atoms with van der Waals surface area (Å²) in [5.41, 5.74) is 6.93. The first kappa shape index (κ1) is 21.3. The zero-order valence-corrected chi connectivity index (χ0v) is 17.8. The van der Waals surface area contributed by atoms with E-state index >= 15 is 0 Å². The molecule has 0 bridgehead atoms. The van der Waals surface area contributed by atoms with Crippen LogP contribution in [0.25, 0.3) is 11.1 Å². The van der Waals surface area contributed by atoms with Gasteiger partial charge in [-0.3, -0.25) is 9.48 Å². The number of hydrogen-bond donors (Lipinski definition) is 0. The van der Waals surface area contributed by atoms with E-state index in [1.165, 1.54) is 6.92 Å². The van der Waals surface area contributed by atoms with Gasteiger partial charge in [-0.05, 0) is 35.6 Å². The summed E-state index contributed by atoms with van der Waals surface area (Å²) in [5, 5.41) is 14.1. The summed E-state index contributed by atoms with van der Waals surface area (Å²) in [7, 11) is 1.90. The predicted molar refractivity (Wildman–Crippen MR) is 117 cm³/mol. The molecule has 0 aliphatic heterocycles. The molecule has 30 heavy (non-hydrogen) atoms. The van der Waals surface area contributed by atoms with Gasteiger partial charge < -0.3 is 4.74 Å². The molecule has 3 rings (SSSR count). The van der Waals surface area contributed by atoms with Crippen molar-refractivity contribution in [2.75, 3.05) is 0 Å². The third-order valence-corrected chi connectivity index (χ3v) is 5.23. The van der Waals surface area contributed by atoms with Crippen LogP contribution in [-0.4, -0.2) is 15.7 Å². The lowest BCUT2D eigenvalue weighted by Crippen LogP contribution is -2.06. The Morgan fingerprint density at radius 3 is 2.57 bits per heavy atom. The normalized spacial score (nSPS) is 10.6. The number of benzene rings is 2. The quantitative estimate of drug-likeness (QED) is 0.501. The molecular weight excluding hydrogens is 374 g/mol. The summed E-state index contributed by atoms with van der Waals surface area (Å²) < 4.78 is 7.11. The van der Waals surface area contributed by atoms with Crippen molar-refractivity contribution in [2.24, 2.45) is 7.05 Å². The van der Waals surface area contributed by atoms with Gasteiger partial charge in [0.2, 0.25) is 0 Å². The van der Waals surface area contributed by atoms with Gasteiger partial charge in [-0.2, -0.15) is 10.4 Å². The SMILES string of the molecule is CCCCc1nn(C)c(COC(C)=O)c1Cc1ccc(-c2ccccc2C#N)cc1. The number of rotatable bonds is 8. The molecule has 0 spiro atoms. The summed E-state index contributed by atoms with van der Waals surface area (Å²) in [6, 6.07) is 18.2. The van der Waals surface area contributed by atoms with Crippen LogP contribution in [0.1, 0.15) is 54.8 Å². The van der Waals surface area contributed by atoms with Crippen LogP contribution in [0.5, 0.6) is 0 Å². The number of carbonyl (C=O) groups is 1. The van der Waals surface area contributed by atoms with E-state index in [1.54, 1.807) is 0 Å². The maximum atomic E-state index is 11.3. The van der Waals surface area contributed by atoms with Crippen LogP contribution in [0, 0.1) is 11.3 Å². The van der Waals surface area contributed by atoms with Gasteiger partial charge in [0.15, 0.2) is 0 Å². The molecule has 0 N–H and O–H groups in total. The highest BCUT2D eigenvalue weighted by Gasteiger charge is 2.17. The second-order valence-electron chi connectivity index (χ2n) is 7.41. The number of unbranched alkanes of at least 4 members (excludes halogenated alkanes) is 1. The lowest BCUT2D eigenvalue weighted by molar-refractivity contribution is -0.142. The summed E-state index contributed by atoms with van der Waals surface area (Å²) in [6.45, 7) is 3.82. The lowest BCUT2D eigenvalue weighted by Gasteiger charge is -2.09. The number of nitriles is 1. The highest BCUT2D eigenvalue weighted by molar-refractivity contribution is 5.70. The van der Waals surface area contributed by atoms with Crippen molar-refractivity contribution < 1.29 is 9.53 Å². The molecule has 0 radical (unpaired) electrons.